The van der Waals surface area contributed by atoms with Gasteiger partial charge in [-0.2, -0.15) is 0 Å². The van der Waals surface area contributed by atoms with E-state index in [4.69, 9.17) is 4.74 Å². The molecule has 1 aliphatic heterocycles. The summed E-state index contributed by atoms with van der Waals surface area (Å²) in [6, 6.07) is 13.5. The number of nitrogens with zero attached hydrogens (tertiary/aromatic N) is 2. The van der Waals surface area contributed by atoms with Gasteiger partial charge in [-0.15, -0.1) is 0 Å². The largest absolute Gasteiger partial charge is 0.482 e. The van der Waals surface area contributed by atoms with Gasteiger partial charge in [0.25, 0.3) is 11.8 Å². The molecule has 2 N–H and O–H groups in total. The molecule has 1 aliphatic rings. The Balaban J connectivity index is 1.52. The van der Waals surface area contributed by atoms with E-state index in [1.54, 1.807) is 30.3 Å². The molecule has 0 aliphatic carbocycles. The molecule has 162 valence electrons. The number of halogens is 2. The van der Waals surface area contributed by atoms with E-state index in [1.807, 2.05) is 0 Å². The smallest absolute Gasteiger partial charge is 0.274 e. The fourth-order valence-corrected chi connectivity index (χ4v) is 3.44. The number of carbonyl (C=O) groups excluding carboxylic acids is 3. The normalized spacial score (nSPS) is 12.6. The number of hydrogen-bond donors (Lipinski definition) is 2. The number of rotatable bonds is 5. The van der Waals surface area contributed by atoms with Crippen molar-refractivity contribution in [3.05, 3.63) is 76.8 Å². The lowest BCUT2D eigenvalue weighted by Gasteiger charge is -2.29. The van der Waals surface area contributed by atoms with E-state index in [0.29, 0.717) is 11.4 Å². The number of pyridine rings is 1. The summed E-state index contributed by atoms with van der Waals surface area (Å²) in [7, 11) is 0. The molecule has 0 fully saturated rings. The van der Waals surface area contributed by atoms with Crippen LogP contribution in [0.2, 0.25) is 0 Å². The number of carbonyl (C=O) groups is 3. The lowest BCUT2D eigenvalue weighted by Crippen LogP contribution is -2.43. The molecule has 2 aromatic carbocycles. The van der Waals surface area contributed by atoms with Gasteiger partial charge in [-0.3, -0.25) is 24.3 Å². The molecular formula is C22H16BrFN4O4. The van der Waals surface area contributed by atoms with Gasteiger partial charge in [0.05, 0.1) is 17.1 Å². The second-order valence-electron chi connectivity index (χ2n) is 6.79. The first-order valence-electron chi connectivity index (χ1n) is 9.45. The van der Waals surface area contributed by atoms with Gasteiger partial charge in [0.15, 0.2) is 6.61 Å². The Morgan fingerprint density at radius 3 is 2.72 bits per heavy atom. The van der Waals surface area contributed by atoms with Crippen LogP contribution in [0.3, 0.4) is 0 Å². The zero-order valence-electron chi connectivity index (χ0n) is 16.5. The molecule has 0 bridgehead atoms. The van der Waals surface area contributed by atoms with Crippen molar-refractivity contribution < 1.29 is 23.5 Å². The van der Waals surface area contributed by atoms with Gasteiger partial charge in [0, 0.05) is 10.7 Å². The Labute approximate surface area is 190 Å². The molecular weight excluding hydrogens is 483 g/mol. The first kappa shape index (κ1) is 21.4. The van der Waals surface area contributed by atoms with Crippen LogP contribution in [0.4, 0.5) is 21.5 Å². The summed E-state index contributed by atoms with van der Waals surface area (Å²) in [5.41, 5.74) is 0.849. The molecule has 8 nitrogen and oxygen atoms in total. The van der Waals surface area contributed by atoms with Gasteiger partial charge < -0.3 is 15.4 Å². The molecule has 3 aromatic rings. The first-order chi connectivity index (χ1) is 15.4. The van der Waals surface area contributed by atoms with Crippen LogP contribution in [0.15, 0.2) is 65.3 Å². The topological polar surface area (TPSA) is 101 Å². The van der Waals surface area contributed by atoms with Crippen LogP contribution in [-0.2, 0) is 9.59 Å². The SMILES string of the molecule is O=C(CN1C(=O)COc2cc(Br)ccc21)Nc1cc(F)ccc1NC(=O)c1ccccn1. The number of anilines is 3. The highest BCUT2D eigenvalue weighted by atomic mass is 79.9. The highest BCUT2D eigenvalue weighted by molar-refractivity contribution is 9.10. The zero-order chi connectivity index (χ0) is 22.7. The van der Waals surface area contributed by atoms with Gasteiger partial charge >= 0.3 is 0 Å². The van der Waals surface area contributed by atoms with Crippen molar-refractivity contribution in [2.45, 2.75) is 0 Å². The van der Waals surface area contributed by atoms with Gasteiger partial charge in [-0.25, -0.2) is 4.39 Å². The summed E-state index contributed by atoms with van der Waals surface area (Å²) in [5, 5.41) is 5.17. The Hall–Kier alpha value is -3.79. The summed E-state index contributed by atoms with van der Waals surface area (Å²) in [6.45, 7) is -0.525. The maximum atomic E-state index is 13.9. The van der Waals surface area contributed by atoms with E-state index in [2.05, 4.69) is 31.5 Å². The Morgan fingerprint density at radius 1 is 1.09 bits per heavy atom. The van der Waals surface area contributed by atoms with E-state index in [-0.39, 0.29) is 30.2 Å². The van der Waals surface area contributed by atoms with Crippen LogP contribution in [0.25, 0.3) is 0 Å². The van der Waals surface area contributed by atoms with Crippen LogP contribution in [0, 0.1) is 5.82 Å². The number of aromatic nitrogens is 1. The van der Waals surface area contributed by atoms with Crippen LogP contribution in [0.1, 0.15) is 10.5 Å². The molecule has 0 radical (unpaired) electrons. The van der Waals surface area contributed by atoms with Crippen molar-refractivity contribution >= 4 is 50.7 Å². The van der Waals surface area contributed by atoms with Crippen LogP contribution in [0.5, 0.6) is 5.75 Å². The predicted molar refractivity (Wildman–Crippen MR) is 119 cm³/mol. The van der Waals surface area contributed by atoms with E-state index >= 15 is 0 Å². The number of benzene rings is 2. The van der Waals surface area contributed by atoms with Crippen molar-refractivity contribution in [1.82, 2.24) is 4.98 Å². The van der Waals surface area contributed by atoms with Crippen LogP contribution < -0.4 is 20.3 Å². The third-order valence-corrected chi connectivity index (χ3v) is 5.06. The fraction of sp³-hybridized carbons (Fsp3) is 0.0909. The van der Waals surface area contributed by atoms with Gasteiger partial charge in [-0.1, -0.05) is 22.0 Å². The van der Waals surface area contributed by atoms with E-state index < -0.39 is 23.5 Å². The molecule has 1 aromatic heterocycles. The van der Waals surface area contributed by atoms with Crippen molar-refractivity contribution in [2.24, 2.45) is 0 Å². The first-order valence-corrected chi connectivity index (χ1v) is 10.2. The number of fused-ring (bicyclic) bond motifs is 1. The van der Waals surface area contributed by atoms with Crippen molar-refractivity contribution in [3.8, 4) is 5.75 Å². The second-order valence-corrected chi connectivity index (χ2v) is 7.70. The van der Waals surface area contributed by atoms with Crippen molar-refractivity contribution in [1.29, 1.82) is 0 Å². The van der Waals surface area contributed by atoms with Gasteiger partial charge in [-0.05, 0) is 48.5 Å². The van der Waals surface area contributed by atoms with Gasteiger partial charge in [0.2, 0.25) is 5.91 Å². The third-order valence-electron chi connectivity index (χ3n) is 4.57. The summed E-state index contributed by atoms with van der Waals surface area (Å²) < 4.78 is 20.0. The van der Waals surface area contributed by atoms with Gasteiger partial charge in [0.1, 0.15) is 23.8 Å². The minimum atomic E-state index is -0.603. The highest BCUT2D eigenvalue weighted by Crippen LogP contribution is 2.34. The number of ether oxygens (including phenoxy) is 1. The monoisotopic (exact) mass is 498 g/mol. The number of hydrogen-bond acceptors (Lipinski definition) is 5. The Bertz CT molecular complexity index is 1210. The molecule has 32 heavy (non-hydrogen) atoms. The summed E-state index contributed by atoms with van der Waals surface area (Å²) >= 11 is 3.33. The molecule has 0 spiro atoms. The van der Waals surface area contributed by atoms with Crippen molar-refractivity contribution in [2.75, 3.05) is 28.7 Å². The summed E-state index contributed by atoms with van der Waals surface area (Å²) in [5.74, 6) is -1.63. The lowest BCUT2D eigenvalue weighted by molar-refractivity contribution is -0.123. The standard InChI is InChI=1S/C22H16BrFN4O4/c23-13-4-7-18-19(9-13)32-12-21(30)28(18)11-20(29)26-17-10-14(24)5-6-15(17)27-22(31)16-3-1-2-8-25-16/h1-10H,11-12H2,(H,26,29)(H,27,31). The molecule has 2 heterocycles. The van der Waals surface area contributed by atoms with E-state index in [9.17, 15) is 18.8 Å². The number of amides is 3. The molecule has 3 amide bonds. The molecule has 4 rings (SSSR count). The fourth-order valence-electron chi connectivity index (χ4n) is 3.10. The maximum Gasteiger partial charge on any atom is 0.274 e. The lowest BCUT2D eigenvalue weighted by atomic mass is 10.2. The molecule has 10 heteroatoms. The average molecular weight is 499 g/mol. The Kier molecular flexibility index (Phi) is 6.13. The predicted octanol–water partition coefficient (Wildman–Crippen LogP) is 3.60. The maximum absolute atomic E-state index is 13.9. The Morgan fingerprint density at radius 2 is 1.94 bits per heavy atom. The minimum Gasteiger partial charge on any atom is -0.482 e. The zero-order valence-corrected chi connectivity index (χ0v) is 18.1. The van der Waals surface area contributed by atoms with E-state index in [1.165, 1.54) is 23.2 Å². The summed E-state index contributed by atoms with van der Waals surface area (Å²) in [6.07, 6.45) is 1.47. The van der Waals surface area contributed by atoms with Crippen molar-refractivity contribution in [3.63, 3.8) is 0 Å². The highest BCUT2D eigenvalue weighted by Gasteiger charge is 2.27. The molecule has 0 atom stereocenters. The molecule has 0 saturated heterocycles. The molecule has 0 saturated carbocycles. The third kappa shape index (κ3) is 4.75. The van der Waals surface area contributed by atoms with E-state index in [0.717, 1.165) is 16.6 Å². The van der Waals surface area contributed by atoms with Crippen LogP contribution >= 0.6 is 15.9 Å². The quantitative estimate of drug-likeness (QED) is 0.559. The average Bonchev–Trinajstić information content (AvgIpc) is 2.78. The number of nitrogens with one attached hydrogen (secondary N) is 2. The van der Waals surface area contributed by atoms with Crippen LogP contribution in [-0.4, -0.2) is 35.9 Å². The minimum absolute atomic E-state index is 0.0519. The second kappa shape index (κ2) is 9.15. The molecule has 0 unspecified atom stereocenters. The summed E-state index contributed by atoms with van der Waals surface area (Å²) in [4.78, 5) is 42.7.